The molecular weight excluding hydrogens is 406 g/mol. The van der Waals surface area contributed by atoms with Crippen molar-refractivity contribution in [3.05, 3.63) is 25.3 Å². The van der Waals surface area contributed by atoms with Gasteiger partial charge in [0, 0.05) is 0 Å². The van der Waals surface area contributed by atoms with Gasteiger partial charge in [-0.1, -0.05) is 6.58 Å². The van der Waals surface area contributed by atoms with E-state index in [9.17, 15) is 5.11 Å². The van der Waals surface area contributed by atoms with E-state index >= 15 is 0 Å². The number of phenolic OH excluding ortho intramolecular Hbond substituents is 1. The van der Waals surface area contributed by atoms with Crippen molar-refractivity contribution in [2.24, 2.45) is 0 Å². The molecule has 1 N–H and O–H groups in total. The molecule has 0 fully saturated rings. The minimum Gasteiger partial charge on any atom is -0.503 e. The summed E-state index contributed by atoms with van der Waals surface area (Å²) in [6.07, 6.45) is 0. The first kappa shape index (κ1) is 12.1. The van der Waals surface area contributed by atoms with Gasteiger partial charge in [-0.3, -0.25) is 0 Å². The molecule has 14 heavy (non-hydrogen) atoms. The van der Waals surface area contributed by atoms with Crippen molar-refractivity contribution in [3.63, 3.8) is 0 Å². The van der Waals surface area contributed by atoms with E-state index < -0.39 is 0 Å². The average molecular weight is 416 g/mol. The van der Waals surface area contributed by atoms with Gasteiger partial charge >= 0.3 is 0 Å². The van der Waals surface area contributed by atoms with E-state index in [4.69, 9.17) is 4.74 Å². The second-order valence-electron chi connectivity index (χ2n) is 2.88. The first-order valence-electron chi connectivity index (χ1n) is 3.89. The van der Waals surface area contributed by atoms with E-state index in [1.54, 1.807) is 7.11 Å². The molecule has 76 valence electrons. The van der Waals surface area contributed by atoms with Crippen LogP contribution in [0.5, 0.6) is 11.5 Å². The molecule has 2 nitrogen and oxygen atoms in total. The third kappa shape index (κ3) is 2.16. The zero-order valence-corrected chi connectivity index (χ0v) is 12.2. The minimum absolute atomic E-state index is 0.197. The molecule has 1 aromatic rings. The number of allylic oxidation sites excluding steroid dienone is 1. The standard InChI is InChI=1S/C10H10I2O2/c1-5(2)6-4-7(11)9(13)10(14-3)8(6)12/h4,13H,1H2,2-3H3. The third-order valence-corrected chi connectivity index (χ3v) is 3.71. The molecule has 0 amide bonds. The van der Waals surface area contributed by atoms with Crippen LogP contribution in [0.1, 0.15) is 12.5 Å². The summed E-state index contributed by atoms with van der Waals surface area (Å²) in [6.45, 7) is 5.82. The van der Waals surface area contributed by atoms with Crippen LogP contribution in [0.2, 0.25) is 0 Å². The molecule has 4 heteroatoms. The quantitative estimate of drug-likeness (QED) is 0.747. The fourth-order valence-electron chi connectivity index (χ4n) is 1.09. The number of methoxy groups -OCH3 is 1. The Balaban J connectivity index is 3.50. The first-order valence-corrected chi connectivity index (χ1v) is 6.05. The number of benzene rings is 1. The second kappa shape index (κ2) is 4.69. The van der Waals surface area contributed by atoms with Crippen LogP contribution < -0.4 is 4.74 Å². The maximum atomic E-state index is 9.72. The molecule has 0 aliphatic heterocycles. The van der Waals surface area contributed by atoms with Crippen LogP contribution in [0, 0.1) is 7.14 Å². The zero-order valence-electron chi connectivity index (χ0n) is 7.90. The van der Waals surface area contributed by atoms with Crippen molar-refractivity contribution >= 4 is 50.8 Å². The molecule has 1 rings (SSSR count). The SMILES string of the molecule is C=C(C)c1cc(I)c(O)c(OC)c1I. The normalized spacial score (nSPS) is 10.0. The Labute approximate surface area is 111 Å². The number of rotatable bonds is 2. The Hall–Kier alpha value is 0.0200. The maximum absolute atomic E-state index is 9.72. The summed E-state index contributed by atoms with van der Waals surface area (Å²) >= 11 is 4.22. The highest BCUT2D eigenvalue weighted by molar-refractivity contribution is 14.1. The van der Waals surface area contributed by atoms with E-state index in [0.717, 1.165) is 18.3 Å². The molecule has 0 atom stereocenters. The van der Waals surface area contributed by atoms with Gasteiger partial charge in [-0.2, -0.15) is 0 Å². The van der Waals surface area contributed by atoms with Crippen LogP contribution in [0.25, 0.3) is 5.57 Å². The zero-order chi connectivity index (χ0) is 10.9. The monoisotopic (exact) mass is 416 g/mol. The second-order valence-corrected chi connectivity index (χ2v) is 5.12. The molecule has 0 unspecified atom stereocenters. The van der Waals surface area contributed by atoms with Gasteiger partial charge in [0.05, 0.1) is 14.3 Å². The molecule has 0 saturated carbocycles. The van der Waals surface area contributed by atoms with Crippen LogP contribution >= 0.6 is 45.2 Å². The van der Waals surface area contributed by atoms with Crippen molar-refractivity contribution in [2.45, 2.75) is 6.92 Å². The molecule has 0 aromatic heterocycles. The van der Waals surface area contributed by atoms with Gasteiger partial charge < -0.3 is 9.84 Å². The highest BCUT2D eigenvalue weighted by Gasteiger charge is 2.15. The highest BCUT2D eigenvalue weighted by atomic mass is 127. The van der Waals surface area contributed by atoms with E-state index in [2.05, 4.69) is 51.8 Å². The van der Waals surface area contributed by atoms with Crippen LogP contribution in [0.3, 0.4) is 0 Å². The largest absolute Gasteiger partial charge is 0.503 e. The Morgan fingerprint density at radius 3 is 2.50 bits per heavy atom. The molecule has 1 aromatic carbocycles. The van der Waals surface area contributed by atoms with Crippen molar-refractivity contribution in [2.75, 3.05) is 7.11 Å². The lowest BCUT2D eigenvalue weighted by Crippen LogP contribution is -1.94. The van der Waals surface area contributed by atoms with Gasteiger partial charge in [-0.25, -0.2) is 0 Å². The molecule has 0 saturated heterocycles. The van der Waals surface area contributed by atoms with E-state index in [-0.39, 0.29) is 5.75 Å². The number of ether oxygens (including phenoxy) is 1. The molecule has 0 bridgehead atoms. The number of hydrogen-bond acceptors (Lipinski definition) is 2. The summed E-state index contributed by atoms with van der Waals surface area (Å²) in [6, 6.07) is 1.91. The molecule has 0 aliphatic carbocycles. The Morgan fingerprint density at radius 1 is 1.50 bits per heavy atom. The third-order valence-electron chi connectivity index (χ3n) is 1.81. The topological polar surface area (TPSA) is 29.5 Å². The Kier molecular flexibility index (Phi) is 4.05. The van der Waals surface area contributed by atoms with Gasteiger partial charge in [-0.05, 0) is 69.3 Å². The summed E-state index contributed by atoms with van der Waals surface area (Å²) in [4.78, 5) is 0. The molecular formula is C10H10I2O2. The summed E-state index contributed by atoms with van der Waals surface area (Å²) in [5.74, 6) is 0.720. The van der Waals surface area contributed by atoms with Crippen molar-refractivity contribution in [1.29, 1.82) is 0 Å². The average Bonchev–Trinajstić information content (AvgIpc) is 2.12. The van der Waals surface area contributed by atoms with Crippen molar-refractivity contribution in [1.82, 2.24) is 0 Å². The summed E-state index contributed by atoms with van der Waals surface area (Å²) in [5.41, 5.74) is 1.98. The van der Waals surface area contributed by atoms with Gasteiger partial charge in [0.1, 0.15) is 0 Å². The van der Waals surface area contributed by atoms with Crippen molar-refractivity contribution < 1.29 is 9.84 Å². The van der Waals surface area contributed by atoms with E-state index in [1.165, 1.54) is 0 Å². The summed E-state index contributed by atoms with van der Waals surface area (Å²) < 4.78 is 6.82. The van der Waals surface area contributed by atoms with Gasteiger partial charge in [-0.15, -0.1) is 0 Å². The lowest BCUT2D eigenvalue weighted by Gasteiger charge is -2.12. The van der Waals surface area contributed by atoms with E-state index in [1.807, 2.05) is 13.0 Å². The van der Waals surface area contributed by atoms with Gasteiger partial charge in [0.2, 0.25) is 0 Å². The molecule has 0 radical (unpaired) electrons. The van der Waals surface area contributed by atoms with Crippen LogP contribution in [0.15, 0.2) is 12.6 Å². The summed E-state index contributed by atoms with van der Waals surface area (Å²) in [5, 5.41) is 9.72. The Bertz CT molecular complexity index is 386. The van der Waals surface area contributed by atoms with Gasteiger partial charge in [0.25, 0.3) is 0 Å². The maximum Gasteiger partial charge on any atom is 0.175 e. The molecule has 0 spiro atoms. The lowest BCUT2D eigenvalue weighted by atomic mass is 10.1. The van der Waals surface area contributed by atoms with Crippen LogP contribution in [0.4, 0.5) is 0 Å². The van der Waals surface area contributed by atoms with Crippen molar-refractivity contribution in [3.8, 4) is 11.5 Å². The predicted molar refractivity (Wildman–Crippen MR) is 74.8 cm³/mol. The number of aromatic hydroxyl groups is 1. The van der Waals surface area contributed by atoms with E-state index in [0.29, 0.717) is 5.75 Å². The fourth-order valence-corrected chi connectivity index (χ4v) is 2.74. The molecule has 0 aliphatic rings. The molecule has 0 heterocycles. The smallest absolute Gasteiger partial charge is 0.175 e. The highest BCUT2D eigenvalue weighted by Crippen LogP contribution is 2.39. The predicted octanol–water partition coefficient (Wildman–Crippen LogP) is 3.64. The first-order chi connectivity index (χ1) is 6.49. The van der Waals surface area contributed by atoms with Crippen LogP contribution in [-0.4, -0.2) is 12.2 Å². The fraction of sp³-hybridized carbons (Fsp3) is 0.200. The Morgan fingerprint density at radius 2 is 2.07 bits per heavy atom. The van der Waals surface area contributed by atoms with Crippen LogP contribution in [-0.2, 0) is 0 Å². The van der Waals surface area contributed by atoms with Gasteiger partial charge in [0.15, 0.2) is 11.5 Å². The number of phenols is 1. The number of hydrogen-bond donors (Lipinski definition) is 1. The summed E-state index contributed by atoms with van der Waals surface area (Å²) in [7, 11) is 1.55. The minimum atomic E-state index is 0.197. The number of halogens is 2. The lowest BCUT2D eigenvalue weighted by molar-refractivity contribution is 0.369.